The average Bonchev–Trinajstić information content (AvgIpc) is 2.92. The van der Waals surface area contributed by atoms with Gasteiger partial charge in [0.15, 0.2) is 5.78 Å². The topological polar surface area (TPSA) is 68.1 Å². The van der Waals surface area contributed by atoms with Crippen LogP contribution in [0.3, 0.4) is 0 Å². The summed E-state index contributed by atoms with van der Waals surface area (Å²) >= 11 is 3.49. The van der Waals surface area contributed by atoms with E-state index in [2.05, 4.69) is 20.9 Å². The zero-order valence-electron chi connectivity index (χ0n) is 11.3. The van der Waals surface area contributed by atoms with Crippen molar-refractivity contribution >= 4 is 38.3 Å². The number of methoxy groups -OCH3 is 1. The van der Waals surface area contributed by atoms with Gasteiger partial charge in [0.05, 0.1) is 12.8 Å². The number of rotatable bonds is 3. The standard InChI is InChI=1S/C16H13BrN2O2/c1-21-14-6-5-9(7-12(14)18)16(20)10-8-19-13-4-2-3-11(17)15(10)13/h2-8,19H,18H2,1H3. The molecule has 0 saturated heterocycles. The third kappa shape index (κ3) is 2.29. The van der Waals surface area contributed by atoms with E-state index in [-0.39, 0.29) is 5.78 Å². The number of halogens is 1. The predicted octanol–water partition coefficient (Wildman–Crippen LogP) is 3.75. The first-order valence-corrected chi connectivity index (χ1v) is 7.15. The summed E-state index contributed by atoms with van der Waals surface area (Å²) in [4.78, 5) is 15.8. The number of nitrogens with two attached hydrogens (primary N) is 1. The minimum absolute atomic E-state index is 0.0810. The molecule has 5 heteroatoms. The number of carbonyl (C=O) groups is 1. The molecule has 0 atom stereocenters. The highest BCUT2D eigenvalue weighted by Crippen LogP contribution is 2.30. The number of carbonyl (C=O) groups excluding carboxylic acids is 1. The van der Waals surface area contributed by atoms with E-state index in [1.54, 1.807) is 31.5 Å². The molecule has 0 saturated carbocycles. The van der Waals surface area contributed by atoms with E-state index in [1.807, 2.05) is 18.2 Å². The number of benzene rings is 2. The summed E-state index contributed by atoms with van der Waals surface area (Å²) in [7, 11) is 1.55. The maximum atomic E-state index is 12.7. The van der Waals surface area contributed by atoms with Crippen LogP contribution in [-0.4, -0.2) is 17.9 Å². The molecule has 1 heterocycles. The lowest BCUT2D eigenvalue weighted by atomic mass is 10.0. The summed E-state index contributed by atoms with van der Waals surface area (Å²) in [6.07, 6.45) is 1.72. The monoisotopic (exact) mass is 344 g/mol. The fourth-order valence-electron chi connectivity index (χ4n) is 2.35. The van der Waals surface area contributed by atoms with Gasteiger partial charge in [-0.15, -0.1) is 0 Å². The van der Waals surface area contributed by atoms with Crippen molar-refractivity contribution in [2.24, 2.45) is 0 Å². The Morgan fingerprint density at radius 2 is 2.10 bits per heavy atom. The number of nitrogen functional groups attached to an aromatic ring is 1. The maximum Gasteiger partial charge on any atom is 0.195 e. The lowest BCUT2D eigenvalue weighted by Crippen LogP contribution is -2.02. The fourth-order valence-corrected chi connectivity index (χ4v) is 2.93. The normalized spacial score (nSPS) is 10.8. The molecule has 4 nitrogen and oxygen atoms in total. The molecule has 0 aliphatic heterocycles. The highest BCUT2D eigenvalue weighted by atomic mass is 79.9. The minimum atomic E-state index is -0.0810. The Kier molecular flexibility index (Phi) is 3.43. The molecule has 106 valence electrons. The number of hydrogen-bond donors (Lipinski definition) is 2. The van der Waals surface area contributed by atoms with E-state index in [9.17, 15) is 4.79 Å². The van der Waals surface area contributed by atoms with Gasteiger partial charge in [-0.2, -0.15) is 0 Å². The highest BCUT2D eigenvalue weighted by molar-refractivity contribution is 9.10. The van der Waals surface area contributed by atoms with E-state index in [4.69, 9.17) is 10.5 Å². The molecular weight excluding hydrogens is 332 g/mol. The van der Waals surface area contributed by atoms with Gasteiger partial charge in [0.2, 0.25) is 0 Å². The third-order valence-electron chi connectivity index (χ3n) is 3.39. The van der Waals surface area contributed by atoms with Crippen molar-refractivity contribution < 1.29 is 9.53 Å². The van der Waals surface area contributed by atoms with Crippen LogP contribution < -0.4 is 10.5 Å². The molecule has 0 aliphatic carbocycles. The van der Waals surface area contributed by atoms with Crippen molar-refractivity contribution in [2.45, 2.75) is 0 Å². The molecule has 0 bridgehead atoms. The number of H-pyrrole nitrogens is 1. The first-order chi connectivity index (χ1) is 10.1. The predicted molar refractivity (Wildman–Crippen MR) is 86.8 cm³/mol. The number of aromatic amines is 1. The molecule has 3 aromatic rings. The van der Waals surface area contributed by atoms with Crippen molar-refractivity contribution in [3.63, 3.8) is 0 Å². The third-order valence-corrected chi connectivity index (χ3v) is 4.05. The molecule has 0 unspecified atom stereocenters. The molecular formula is C16H13BrN2O2. The van der Waals surface area contributed by atoms with Crippen LogP contribution in [0.4, 0.5) is 5.69 Å². The van der Waals surface area contributed by atoms with Gasteiger partial charge in [-0.25, -0.2) is 0 Å². The van der Waals surface area contributed by atoms with E-state index in [0.29, 0.717) is 22.6 Å². The van der Waals surface area contributed by atoms with Crippen LogP contribution in [0.2, 0.25) is 0 Å². The van der Waals surface area contributed by atoms with Gasteiger partial charge in [-0.05, 0) is 30.3 Å². The summed E-state index contributed by atoms with van der Waals surface area (Å²) in [5, 5.41) is 0.872. The first kappa shape index (κ1) is 13.7. The maximum absolute atomic E-state index is 12.7. The van der Waals surface area contributed by atoms with Crippen LogP contribution in [0, 0.1) is 0 Å². The molecule has 3 rings (SSSR count). The van der Waals surface area contributed by atoms with E-state index in [0.717, 1.165) is 15.4 Å². The Morgan fingerprint density at radius 3 is 2.81 bits per heavy atom. The Labute approximate surface area is 130 Å². The quantitative estimate of drug-likeness (QED) is 0.561. The van der Waals surface area contributed by atoms with Gasteiger partial charge >= 0.3 is 0 Å². The van der Waals surface area contributed by atoms with Crippen LogP contribution in [0.25, 0.3) is 10.9 Å². The molecule has 0 radical (unpaired) electrons. The largest absolute Gasteiger partial charge is 0.495 e. The summed E-state index contributed by atoms with van der Waals surface area (Å²) in [5.74, 6) is 0.481. The minimum Gasteiger partial charge on any atom is -0.495 e. The van der Waals surface area contributed by atoms with Crippen LogP contribution in [-0.2, 0) is 0 Å². The number of ether oxygens (including phenoxy) is 1. The number of ketones is 1. The zero-order chi connectivity index (χ0) is 15.0. The second kappa shape index (κ2) is 5.26. The Balaban J connectivity index is 2.11. The smallest absolute Gasteiger partial charge is 0.195 e. The summed E-state index contributed by atoms with van der Waals surface area (Å²) < 4.78 is 5.99. The molecule has 0 spiro atoms. The van der Waals surface area contributed by atoms with Gasteiger partial charge < -0.3 is 15.5 Å². The van der Waals surface area contributed by atoms with Crippen molar-refractivity contribution in [3.8, 4) is 5.75 Å². The summed E-state index contributed by atoms with van der Waals surface area (Å²) in [6.45, 7) is 0. The molecule has 3 N–H and O–H groups in total. The number of hydrogen-bond acceptors (Lipinski definition) is 3. The SMILES string of the molecule is COc1ccc(C(=O)c2c[nH]c3cccc(Br)c23)cc1N. The van der Waals surface area contributed by atoms with E-state index < -0.39 is 0 Å². The lowest BCUT2D eigenvalue weighted by Gasteiger charge is -2.06. The van der Waals surface area contributed by atoms with Crippen LogP contribution >= 0.6 is 15.9 Å². The van der Waals surface area contributed by atoms with Gasteiger partial charge in [0, 0.05) is 32.7 Å². The first-order valence-electron chi connectivity index (χ1n) is 6.35. The van der Waals surface area contributed by atoms with Gasteiger partial charge in [0.25, 0.3) is 0 Å². The van der Waals surface area contributed by atoms with Crippen molar-refractivity contribution in [3.05, 3.63) is 58.2 Å². The van der Waals surface area contributed by atoms with Gasteiger partial charge in [0.1, 0.15) is 5.75 Å². The van der Waals surface area contributed by atoms with Crippen molar-refractivity contribution in [1.29, 1.82) is 0 Å². The van der Waals surface area contributed by atoms with Crippen LogP contribution in [0.5, 0.6) is 5.75 Å². The molecule has 1 aromatic heterocycles. The summed E-state index contributed by atoms with van der Waals surface area (Å²) in [6, 6.07) is 10.8. The van der Waals surface area contributed by atoms with Crippen molar-refractivity contribution in [1.82, 2.24) is 4.98 Å². The molecule has 0 amide bonds. The molecule has 21 heavy (non-hydrogen) atoms. The molecule has 0 aliphatic rings. The fraction of sp³-hybridized carbons (Fsp3) is 0.0625. The Bertz CT molecular complexity index is 839. The number of anilines is 1. The van der Waals surface area contributed by atoms with E-state index >= 15 is 0 Å². The van der Waals surface area contributed by atoms with Gasteiger partial charge in [-0.1, -0.05) is 22.0 Å². The Hall–Kier alpha value is -2.27. The zero-order valence-corrected chi connectivity index (χ0v) is 12.9. The second-order valence-corrected chi connectivity index (χ2v) is 5.50. The van der Waals surface area contributed by atoms with Crippen LogP contribution in [0.1, 0.15) is 15.9 Å². The highest BCUT2D eigenvalue weighted by Gasteiger charge is 2.17. The number of aromatic nitrogens is 1. The second-order valence-electron chi connectivity index (χ2n) is 4.65. The molecule has 2 aromatic carbocycles. The van der Waals surface area contributed by atoms with Crippen molar-refractivity contribution in [2.75, 3.05) is 12.8 Å². The summed E-state index contributed by atoms with van der Waals surface area (Å²) in [5.41, 5.74) is 8.37. The van der Waals surface area contributed by atoms with E-state index in [1.165, 1.54) is 0 Å². The lowest BCUT2D eigenvalue weighted by molar-refractivity contribution is 0.104. The number of nitrogens with one attached hydrogen (secondary N) is 1. The number of fused-ring (bicyclic) bond motifs is 1. The molecule has 0 fully saturated rings. The Morgan fingerprint density at radius 1 is 1.29 bits per heavy atom. The van der Waals surface area contributed by atoms with Crippen LogP contribution in [0.15, 0.2) is 47.1 Å². The average molecular weight is 345 g/mol. The van der Waals surface area contributed by atoms with Gasteiger partial charge in [-0.3, -0.25) is 4.79 Å².